The van der Waals surface area contributed by atoms with Crippen molar-refractivity contribution in [1.82, 2.24) is 4.90 Å². The number of carboxylic acids is 1. The lowest BCUT2D eigenvalue weighted by molar-refractivity contribution is -0.126. The number of rotatable bonds is 5. The zero-order valence-electron chi connectivity index (χ0n) is 12.8. The zero-order valence-corrected chi connectivity index (χ0v) is 15.2. The number of aromatic carboxylic acids is 1. The van der Waals surface area contributed by atoms with Crippen LogP contribution in [0.1, 0.15) is 15.9 Å². The Kier molecular flexibility index (Phi) is 5.10. The number of carbonyl (C=O) groups excluding carboxylic acids is 2. The third-order valence-electron chi connectivity index (χ3n) is 3.61. The van der Waals surface area contributed by atoms with Crippen molar-refractivity contribution in [2.75, 3.05) is 5.32 Å². The van der Waals surface area contributed by atoms with Crippen LogP contribution < -0.4 is 5.32 Å². The third kappa shape index (κ3) is 4.02. The fourth-order valence-electron chi connectivity index (χ4n) is 2.31. The van der Waals surface area contributed by atoms with Crippen molar-refractivity contribution in [3.63, 3.8) is 0 Å². The van der Waals surface area contributed by atoms with Crippen molar-refractivity contribution in [3.8, 4) is 0 Å². The second kappa shape index (κ2) is 7.28. The van der Waals surface area contributed by atoms with Crippen LogP contribution in [-0.4, -0.2) is 32.5 Å². The van der Waals surface area contributed by atoms with Gasteiger partial charge in [0.05, 0.1) is 12.1 Å². The molecule has 2 aromatic rings. The largest absolute Gasteiger partial charge is 0.478 e. The van der Waals surface area contributed by atoms with Crippen molar-refractivity contribution >= 4 is 50.5 Å². The molecule has 1 heterocycles. The Balaban J connectivity index is 1.68. The molecule has 0 spiro atoms. The molecule has 0 aromatic heterocycles. The SMILES string of the molecule is O=C(O)c1ccc(N[C@H]2SC(=O)N(Cc3ccc(Br)cc3)C2=O)cc1. The van der Waals surface area contributed by atoms with E-state index < -0.39 is 11.3 Å². The number of thioether (sulfide) groups is 1. The standard InChI is InChI=1S/C17H13BrN2O4S/c18-12-5-1-10(2-6-12)9-20-15(21)14(25-17(20)24)19-13-7-3-11(4-8-13)16(22)23/h1-8,14,19H,9H2,(H,22,23)/t14-/m0/s1. The molecule has 2 amide bonds. The van der Waals surface area contributed by atoms with Crippen molar-refractivity contribution in [1.29, 1.82) is 0 Å². The first-order valence-corrected chi connectivity index (χ1v) is 8.97. The van der Waals surface area contributed by atoms with Crippen LogP contribution in [0.15, 0.2) is 53.0 Å². The number of hydrogen-bond acceptors (Lipinski definition) is 5. The van der Waals surface area contributed by atoms with Crippen LogP contribution in [0.2, 0.25) is 0 Å². The quantitative estimate of drug-likeness (QED) is 0.764. The van der Waals surface area contributed by atoms with Gasteiger partial charge in [0.2, 0.25) is 0 Å². The van der Waals surface area contributed by atoms with E-state index in [1.165, 1.54) is 17.0 Å². The number of carbonyl (C=O) groups is 3. The van der Waals surface area contributed by atoms with E-state index in [9.17, 15) is 14.4 Å². The molecular formula is C17H13BrN2O4S. The molecule has 1 saturated heterocycles. The summed E-state index contributed by atoms with van der Waals surface area (Å²) in [6, 6.07) is 13.4. The first-order valence-electron chi connectivity index (χ1n) is 7.30. The minimum atomic E-state index is -1.02. The number of nitrogens with one attached hydrogen (secondary N) is 1. The monoisotopic (exact) mass is 420 g/mol. The van der Waals surface area contributed by atoms with Gasteiger partial charge in [-0.15, -0.1) is 0 Å². The number of halogens is 1. The van der Waals surface area contributed by atoms with Gasteiger partial charge in [-0.3, -0.25) is 14.5 Å². The molecule has 1 fully saturated rings. The lowest BCUT2D eigenvalue weighted by Gasteiger charge is -2.15. The van der Waals surface area contributed by atoms with Gasteiger partial charge >= 0.3 is 5.97 Å². The van der Waals surface area contributed by atoms with E-state index in [1.54, 1.807) is 12.1 Å². The normalized spacial score (nSPS) is 17.0. The van der Waals surface area contributed by atoms with Gasteiger partial charge in [0, 0.05) is 10.2 Å². The summed E-state index contributed by atoms with van der Waals surface area (Å²) < 4.78 is 0.925. The minimum Gasteiger partial charge on any atom is -0.478 e. The fourth-order valence-corrected chi connectivity index (χ4v) is 3.48. The van der Waals surface area contributed by atoms with E-state index >= 15 is 0 Å². The number of benzene rings is 2. The van der Waals surface area contributed by atoms with Crippen molar-refractivity contribution in [2.24, 2.45) is 0 Å². The average molecular weight is 421 g/mol. The number of hydrogen-bond donors (Lipinski definition) is 2. The number of imide groups is 1. The van der Waals surface area contributed by atoms with Crippen LogP contribution in [0.25, 0.3) is 0 Å². The summed E-state index contributed by atoms with van der Waals surface area (Å²) in [7, 11) is 0. The summed E-state index contributed by atoms with van der Waals surface area (Å²) in [5.74, 6) is -1.34. The molecule has 2 aromatic carbocycles. The van der Waals surface area contributed by atoms with Gasteiger partial charge in [0.25, 0.3) is 11.1 Å². The van der Waals surface area contributed by atoms with Crippen LogP contribution in [0.4, 0.5) is 10.5 Å². The summed E-state index contributed by atoms with van der Waals surface area (Å²) in [6.45, 7) is 0.216. The second-order valence-corrected chi connectivity index (χ2v) is 7.31. The topological polar surface area (TPSA) is 86.7 Å². The molecule has 6 nitrogen and oxygen atoms in total. The molecule has 128 valence electrons. The average Bonchev–Trinajstić information content (AvgIpc) is 2.85. The first-order chi connectivity index (χ1) is 11.9. The van der Waals surface area contributed by atoms with Crippen molar-refractivity contribution < 1.29 is 19.5 Å². The van der Waals surface area contributed by atoms with Gasteiger partial charge in [0.1, 0.15) is 0 Å². The Morgan fingerprint density at radius 1 is 1.12 bits per heavy atom. The minimum absolute atomic E-state index is 0.156. The van der Waals surface area contributed by atoms with Gasteiger partial charge < -0.3 is 10.4 Å². The highest BCUT2D eigenvalue weighted by atomic mass is 79.9. The summed E-state index contributed by atoms with van der Waals surface area (Å²) in [5, 5.41) is 10.8. The van der Waals surface area contributed by atoms with Crippen LogP contribution >= 0.6 is 27.7 Å². The van der Waals surface area contributed by atoms with Gasteiger partial charge in [-0.1, -0.05) is 28.1 Å². The van der Waals surface area contributed by atoms with E-state index in [-0.39, 0.29) is 23.3 Å². The second-order valence-electron chi connectivity index (χ2n) is 5.34. The lowest BCUT2D eigenvalue weighted by atomic mass is 10.2. The molecule has 0 unspecified atom stereocenters. The van der Waals surface area contributed by atoms with E-state index in [0.29, 0.717) is 5.69 Å². The molecule has 1 aliphatic heterocycles. The molecule has 8 heteroatoms. The molecule has 0 radical (unpaired) electrons. The van der Waals surface area contributed by atoms with Gasteiger partial charge in [-0.2, -0.15) is 0 Å². The Bertz CT molecular complexity index is 824. The number of amides is 2. The maximum Gasteiger partial charge on any atom is 0.335 e. The summed E-state index contributed by atoms with van der Waals surface area (Å²) in [4.78, 5) is 36.7. The number of anilines is 1. The van der Waals surface area contributed by atoms with Crippen molar-refractivity contribution in [2.45, 2.75) is 11.9 Å². The van der Waals surface area contributed by atoms with Crippen molar-refractivity contribution in [3.05, 3.63) is 64.1 Å². The third-order valence-corrected chi connectivity index (χ3v) is 5.12. The Hall–Kier alpha value is -2.32. The maximum atomic E-state index is 12.5. The van der Waals surface area contributed by atoms with Crippen LogP contribution in [0.3, 0.4) is 0 Å². The van der Waals surface area contributed by atoms with Crippen LogP contribution in [0, 0.1) is 0 Å². The highest BCUT2D eigenvalue weighted by Gasteiger charge is 2.39. The summed E-state index contributed by atoms with van der Waals surface area (Å²) in [6.07, 6.45) is 0. The highest BCUT2D eigenvalue weighted by Crippen LogP contribution is 2.29. The molecule has 25 heavy (non-hydrogen) atoms. The first kappa shape index (κ1) is 17.5. The molecule has 2 N–H and O–H groups in total. The molecule has 0 bridgehead atoms. The number of carboxylic acid groups (broad SMARTS) is 1. The van der Waals surface area contributed by atoms with E-state index in [0.717, 1.165) is 21.8 Å². The number of nitrogens with zero attached hydrogens (tertiary/aromatic N) is 1. The predicted molar refractivity (Wildman–Crippen MR) is 98.5 cm³/mol. The Morgan fingerprint density at radius 3 is 2.36 bits per heavy atom. The molecule has 1 aliphatic rings. The summed E-state index contributed by atoms with van der Waals surface area (Å²) >= 11 is 4.25. The van der Waals surface area contributed by atoms with E-state index in [4.69, 9.17) is 5.11 Å². The van der Waals surface area contributed by atoms with E-state index in [2.05, 4.69) is 21.2 Å². The van der Waals surface area contributed by atoms with Gasteiger partial charge in [0.15, 0.2) is 5.37 Å². The molecule has 3 rings (SSSR count). The summed E-state index contributed by atoms with van der Waals surface area (Å²) in [5.41, 5.74) is 1.59. The molecule has 0 saturated carbocycles. The fraction of sp³-hybridized carbons (Fsp3) is 0.118. The Morgan fingerprint density at radius 2 is 1.76 bits per heavy atom. The maximum absolute atomic E-state index is 12.5. The zero-order chi connectivity index (χ0) is 18.0. The van der Waals surface area contributed by atoms with Crippen LogP contribution in [-0.2, 0) is 11.3 Å². The molecular weight excluding hydrogens is 408 g/mol. The Labute approximate surface area is 156 Å². The smallest absolute Gasteiger partial charge is 0.335 e. The van der Waals surface area contributed by atoms with E-state index in [1.807, 2.05) is 24.3 Å². The highest BCUT2D eigenvalue weighted by molar-refractivity contribution is 9.10. The lowest BCUT2D eigenvalue weighted by Crippen LogP contribution is -2.33. The molecule has 1 atom stereocenters. The predicted octanol–water partition coefficient (Wildman–Crippen LogP) is 3.78. The molecule has 0 aliphatic carbocycles. The van der Waals surface area contributed by atoms with Gasteiger partial charge in [-0.25, -0.2) is 4.79 Å². The van der Waals surface area contributed by atoms with Crippen LogP contribution in [0.5, 0.6) is 0 Å². The van der Waals surface area contributed by atoms with Gasteiger partial charge in [-0.05, 0) is 53.7 Å².